The molecule has 18 heavy (non-hydrogen) atoms. The van der Waals surface area contributed by atoms with Gasteiger partial charge in [-0.2, -0.15) is 0 Å². The van der Waals surface area contributed by atoms with Crippen molar-refractivity contribution in [2.75, 3.05) is 6.54 Å². The maximum Gasteiger partial charge on any atom is 0.251 e. The van der Waals surface area contributed by atoms with E-state index in [0.717, 1.165) is 35.8 Å². The number of amides is 1. The highest BCUT2D eigenvalue weighted by Gasteiger charge is 2.23. The molecular weight excluding hydrogens is 314 g/mol. The van der Waals surface area contributed by atoms with Gasteiger partial charge in [0, 0.05) is 22.0 Å². The van der Waals surface area contributed by atoms with Gasteiger partial charge in [-0.3, -0.25) is 4.79 Å². The Morgan fingerprint density at radius 3 is 2.83 bits per heavy atom. The second-order valence-electron chi connectivity index (χ2n) is 5.00. The van der Waals surface area contributed by atoms with Crippen molar-refractivity contribution in [3.05, 3.63) is 33.8 Å². The third-order valence-corrected chi connectivity index (χ3v) is 4.19. The van der Waals surface area contributed by atoms with Crippen LogP contribution in [0.25, 0.3) is 0 Å². The molecule has 0 radical (unpaired) electrons. The summed E-state index contributed by atoms with van der Waals surface area (Å²) in [4.78, 5) is 12.0. The molecule has 1 aromatic rings. The smallest absolute Gasteiger partial charge is 0.251 e. The van der Waals surface area contributed by atoms with Crippen LogP contribution in [0.2, 0.25) is 0 Å². The molecule has 2 unspecified atom stereocenters. The van der Waals surface area contributed by atoms with Gasteiger partial charge >= 0.3 is 0 Å². The second-order valence-corrected chi connectivity index (χ2v) is 6.54. The zero-order chi connectivity index (χ0) is 13.1. The number of alkyl halides is 1. The number of carbonyl (C=O) groups excluding carboxylic acids is 1. The van der Waals surface area contributed by atoms with E-state index < -0.39 is 0 Å². The van der Waals surface area contributed by atoms with E-state index in [9.17, 15) is 4.79 Å². The molecule has 1 aromatic carbocycles. The molecule has 0 aromatic heterocycles. The maximum absolute atomic E-state index is 12.0. The van der Waals surface area contributed by atoms with Crippen molar-refractivity contribution in [1.82, 2.24) is 5.32 Å². The minimum absolute atomic E-state index is 0.00239. The lowest BCUT2D eigenvalue weighted by Gasteiger charge is -2.11. The minimum Gasteiger partial charge on any atom is -0.352 e. The highest BCUT2D eigenvalue weighted by Crippen LogP contribution is 2.28. The van der Waals surface area contributed by atoms with Gasteiger partial charge in [-0.05, 0) is 55.9 Å². The topological polar surface area (TPSA) is 29.1 Å². The number of rotatable bonds is 3. The number of carbonyl (C=O) groups is 1. The first-order valence-electron chi connectivity index (χ1n) is 6.24. The van der Waals surface area contributed by atoms with Crippen LogP contribution in [0.3, 0.4) is 0 Å². The molecule has 0 aliphatic heterocycles. The summed E-state index contributed by atoms with van der Waals surface area (Å²) in [5.41, 5.74) is 1.79. The fourth-order valence-corrected chi connectivity index (χ4v) is 3.39. The van der Waals surface area contributed by atoms with Gasteiger partial charge in [0.15, 0.2) is 0 Å². The van der Waals surface area contributed by atoms with Gasteiger partial charge in [-0.15, -0.1) is 11.6 Å². The predicted octanol–water partition coefficient (Wildman–Crippen LogP) is 3.89. The lowest BCUT2D eigenvalue weighted by molar-refractivity contribution is 0.0947. The van der Waals surface area contributed by atoms with Crippen LogP contribution in [-0.4, -0.2) is 17.8 Å². The number of halogens is 2. The van der Waals surface area contributed by atoms with Crippen LogP contribution in [0.5, 0.6) is 0 Å². The SMILES string of the molecule is Cc1cc(Br)cc(C(=O)NCC2CCC(Cl)C2)c1. The van der Waals surface area contributed by atoms with Crippen LogP contribution in [0.15, 0.2) is 22.7 Å². The standard InChI is InChI=1S/C14H17BrClNO/c1-9-4-11(7-12(15)5-9)14(18)17-8-10-2-3-13(16)6-10/h4-5,7,10,13H,2-3,6,8H2,1H3,(H,17,18). The fraction of sp³-hybridized carbons (Fsp3) is 0.500. The van der Waals surface area contributed by atoms with Gasteiger partial charge in [-0.1, -0.05) is 15.9 Å². The Balaban J connectivity index is 1.91. The van der Waals surface area contributed by atoms with E-state index in [2.05, 4.69) is 21.2 Å². The van der Waals surface area contributed by atoms with Crippen LogP contribution in [0, 0.1) is 12.8 Å². The van der Waals surface area contributed by atoms with Gasteiger partial charge in [0.25, 0.3) is 5.91 Å². The number of benzene rings is 1. The molecule has 2 atom stereocenters. The van der Waals surface area contributed by atoms with Gasteiger partial charge in [0.1, 0.15) is 0 Å². The van der Waals surface area contributed by atoms with Crippen LogP contribution in [-0.2, 0) is 0 Å². The molecule has 1 fully saturated rings. The quantitative estimate of drug-likeness (QED) is 0.837. The first-order chi connectivity index (χ1) is 8.54. The Bertz CT molecular complexity index is 429. The summed E-state index contributed by atoms with van der Waals surface area (Å²) in [5.74, 6) is 0.530. The van der Waals surface area contributed by atoms with E-state index in [-0.39, 0.29) is 5.91 Å². The van der Waals surface area contributed by atoms with Crippen LogP contribution >= 0.6 is 27.5 Å². The van der Waals surface area contributed by atoms with Gasteiger partial charge in [0.05, 0.1) is 0 Å². The molecule has 1 amide bonds. The van der Waals surface area contributed by atoms with E-state index in [1.54, 1.807) is 0 Å². The van der Waals surface area contributed by atoms with Crippen molar-refractivity contribution >= 4 is 33.4 Å². The summed E-state index contributed by atoms with van der Waals surface area (Å²) in [6.45, 7) is 2.71. The number of hydrogen-bond donors (Lipinski definition) is 1. The molecule has 1 aliphatic carbocycles. The molecule has 0 heterocycles. The molecule has 0 bridgehead atoms. The summed E-state index contributed by atoms with van der Waals surface area (Å²) >= 11 is 9.47. The zero-order valence-electron chi connectivity index (χ0n) is 10.4. The Morgan fingerprint density at radius 1 is 1.44 bits per heavy atom. The van der Waals surface area contributed by atoms with E-state index in [4.69, 9.17) is 11.6 Å². The molecule has 2 nitrogen and oxygen atoms in total. The number of aryl methyl sites for hydroxylation is 1. The normalized spacial score (nSPS) is 23.1. The minimum atomic E-state index is -0.00239. The molecule has 0 spiro atoms. The lowest BCUT2D eigenvalue weighted by atomic mass is 10.1. The van der Waals surface area contributed by atoms with E-state index in [1.807, 2.05) is 25.1 Å². The highest BCUT2D eigenvalue weighted by molar-refractivity contribution is 9.10. The second kappa shape index (κ2) is 6.07. The van der Waals surface area contributed by atoms with Crippen molar-refractivity contribution in [1.29, 1.82) is 0 Å². The van der Waals surface area contributed by atoms with Crippen molar-refractivity contribution < 1.29 is 4.79 Å². The molecule has 0 saturated heterocycles. The van der Waals surface area contributed by atoms with Gasteiger partial charge in [-0.25, -0.2) is 0 Å². The van der Waals surface area contributed by atoms with Crippen LogP contribution < -0.4 is 5.32 Å². The number of hydrogen-bond acceptors (Lipinski definition) is 1. The summed E-state index contributed by atoms with van der Waals surface area (Å²) in [5, 5.41) is 3.29. The fourth-order valence-electron chi connectivity index (χ4n) is 2.41. The molecule has 1 N–H and O–H groups in total. The van der Waals surface area contributed by atoms with E-state index in [0.29, 0.717) is 16.9 Å². The summed E-state index contributed by atoms with van der Waals surface area (Å²) in [6, 6.07) is 5.74. The average molecular weight is 331 g/mol. The molecule has 1 saturated carbocycles. The third-order valence-electron chi connectivity index (χ3n) is 3.33. The predicted molar refractivity (Wildman–Crippen MR) is 78.2 cm³/mol. The van der Waals surface area contributed by atoms with Crippen molar-refractivity contribution in [3.8, 4) is 0 Å². The van der Waals surface area contributed by atoms with E-state index >= 15 is 0 Å². The van der Waals surface area contributed by atoms with Crippen molar-refractivity contribution in [2.45, 2.75) is 31.6 Å². The Kier molecular flexibility index (Phi) is 4.68. The Hall–Kier alpha value is -0.540. The number of nitrogens with one attached hydrogen (secondary N) is 1. The van der Waals surface area contributed by atoms with Gasteiger partial charge < -0.3 is 5.32 Å². The lowest BCUT2D eigenvalue weighted by Crippen LogP contribution is -2.28. The summed E-state index contributed by atoms with van der Waals surface area (Å²) in [7, 11) is 0. The first-order valence-corrected chi connectivity index (χ1v) is 7.47. The molecule has 1 aliphatic rings. The molecule has 98 valence electrons. The van der Waals surface area contributed by atoms with Gasteiger partial charge in [0.2, 0.25) is 0 Å². The average Bonchev–Trinajstić information content (AvgIpc) is 2.70. The monoisotopic (exact) mass is 329 g/mol. The zero-order valence-corrected chi connectivity index (χ0v) is 12.7. The Morgan fingerprint density at radius 2 is 2.22 bits per heavy atom. The summed E-state index contributed by atoms with van der Waals surface area (Å²) < 4.78 is 0.939. The third kappa shape index (κ3) is 3.72. The van der Waals surface area contributed by atoms with E-state index in [1.165, 1.54) is 0 Å². The largest absolute Gasteiger partial charge is 0.352 e. The first kappa shape index (κ1) is 13.9. The summed E-state index contributed by atoms with van der Waals surface area (Å²) in [6.07, 6.45) is 3.20. The van der Waals surface area contributed by atoms with Crippen LogP contribution in [0.4, 0.5) is 0 Å². The molecule has 4 heteroatoms. The van der Waals surface area contributed by atoms with Crippen molar-refractivity contribution in [2.24, 2.45) is 5.92 Å². The molecular formula is C14H17BrClNO. The molecule has 2 rings (SSSR count). The maximum atomic E-state index is 12.0. The van der Waals surface area contributed by atoms with Crippen LogP contribution in [0.1, 0.15) is 35.2 Å². The highest BCUT2D eigenvalue weighted by atomic mass is 79.9. The Labute approximate surface area is 121 Å². The van der Waals surface area contributed by atoms with Crippen molar-refractivity contribution in [3.63, 3.8) is 0 Å².